The summed E-state index contributed by atoms with van der Waals surface area (Å²) in [7, 11) is -3.41. The summed E-state index contributed by atoms with van der Waals surface area (Å²) in [6.45, 7) is 7.30. The summed E-state index contributed by atoms with van der Waals surface area (Å²) in [5.41, 5.74) is 6.83. The molecule has 2 N–H and O–H groups in total. The Bertz CT molecular complexity index is 564. The molecule has 0 radical (unpaired) electrons. The fourth-order valence-electron chi connectivity index (χ4n) is 2.62. The first-order valence-corrected chi connectivity index (χ1v) is 8.53. The molecule has 6 heteroatoms. The standard InChI is InChI=1S/C15H24N2O2S.ClH/c1-15(2,3)12-6-8-14(9-7-12)20(18,19)17-10-4-5-13(17)11-16;/h6-9,13H,4-5,10-11,16H2,1-3H3;1H. The Hall–Kier alpha value is -0.620. The summed E-state index contributed by atoms with van der Waals surface area (Å²) in [4.78, 5) is 0.367. The van der Waals surface area contributed by atoms with E-state index in [0.717, 1.165) is 18.4 Å². The van der Waals surface area contributed by atoms with Crippen molar-refractivity contribution in [2.24, 2.45) is 5.73 Å². The maximum atomic E-state index is 12.6. The third-order valence-electron chi connectivity index (χ3n) is 3.92. The van der Waals surface area contributed by atoms with Crippen LogP contribution in [0.3, 0.4) is 0 Å². The minimum atomic E-state index is -3.41. The largest absolute Gasteiger partial charge is 0.329 e. The van der Waals surface area contributed by atoms with Gasteiger partial charge in [0.05, 0.1) is 4.90 Å². The van der Waals surface area contributed by atoms with Gasteiger partial charge in [-0.3, -0.25) is 0 Å². The summed E-state index contributed by atoms with van der Waals surface area (Å²) in [6.07, 6.45) is 1.75. The van der Waals surface area contributed by atoms with Crippen LogP contribution >= 0.6 is 12.4 Å². The van der Waals surface area contributed by atoms with Gasteiger partial charge in [-0.25, -0.2) is 8.42 Å². The maximum absolute atomic E-state index is 12.6. The zero-order valence-corrected chi connectivity index (χ0v) is 14.5. The predicted octanol–water partition coefficient (Wildman–Crippen LogP) is 2.52. The van der Waals surface area contributed by atoms with Crippen molar-refractivity contribution >= 4 is 22.4 Å². The molecule has 0 saturated carbocycles. The molecule has 0 aromatic heterocycles. The van der Waals surface area contributed by atoms with Crippen molar-refractivity contribution in [2.45, 2.75) is 50.0 Å². The minimum Gasteiger partial charge on any atom is -0.329 e. The molecule has 0 amide bonds. The predicted molar refractivity (Wildman–Crippen MR) is 88.4 cm³/mol. The monoisotopic (exact) mass is 332 g/mol. The summed E-state index contributed by atoms with van der Waals surface area (Å²) >= 11 is 0. The fraction of sp³-hybridized carbons (Fsp3) is 0.600. The van der Waals surface area contributed by atoms with Gasteiger partial charge in [0.25, 0.3) is 0 Å². The number of hydrogen-bond donors (Lipinski definition) is 1. The topological polar surface area (TPSA) is 63.4 Å². The van der Waals surface area contributed by atoms with Gasteiger partial charge in [0.15, 0.2) is 0 Å². The van der Waals surface area contributed by atoms with Crippen LogP contribution in [-0.2, 0) is 15.4 Å². The molecule has 1 heterocycles. The molecule has 120 valence electrons. The minimum absolute atomic E-state index is 0. The number of nitrogens with two attached hydrogens (primary N) is 1. The molecule has 21 heavy (non-hydrogen) atoms. The molecule has 1 aromatic carbocycles. The zero-order chi connectivity index (χ0) is 15.0. The Morgan fingerprint density at radius 3 is 2.29 bits per heavy atom. The van der Waals surface area contributed by atoms with Crippen LogP contribution in [0.15, 0.2) is 29.2 Å². The van der Waals surface area contributed by atoms with Gasteiger partial charge >= 0.3 is 0 Å². The van der Waals surface area contributed by atoms with Crippen LogP contribution in [0.4, 0.5) is 0 Å². The molecule has 4 nitrogen and oxygen atoms in total. The molecular weight excluding hydrogens is 308 g/mol. The zero-order valence-electron chi connectivity index (χ0n) is 12.9. The molecule has 1 aromatic rings. The Kier molecular flexibility index (Phi) is 5.83. The first-order valence-electron chi connectivity index (χ1n) is 7.09. The van der Waals surface area contributed by atoms with Crippen LogP contribution in [0, 0.1) is 0 Å². The smallest absolute Gasteiger partial charge is 0.243 e. The highest BCUT2D eigenvalue weighted by Gasteiger charge is 2.34. The maximum Gasteiger partial charge on any atom is 0.243 e. The van der Waals surface area contributed by atoms with E-state index in [1.165, 1.54) is 0 Å². The Labute approximate surface area is 134 Å². The number of sulfonamides is 1. The first kappa shape index (κ1) is 18.4. The fourth-order valence-corrected chi connectivity index (χ4v) is 4.33. The lowest BCUT2D eigenvalue weighted by Gasteiger charge is -2.24. The third kappa shape index (κ3) is 3.77. The Balaban J connectivity index is 0.00000220. The average molecular weight is 333 g/mol. The molecule has 1 aliphatic rings. The SMILES string of the molecule is CC(C)(C)c1ccc(S(=O)(=O)N2CCCC2CN)cc1.Cl. The highest BCUT2D eigenvalue weighted by Crippen LogP contribution is 2.28. The quantitative estimate of drug-likeness (QED) is 0.925. The normalized spacial score (nSPS) is 20.3. The van der Waals surface area contributed by atoms with E-state index in [1.807, 2.05) is 12.1 Å². The van der Waals surface area contributed by atoms with Crippen LogP contribution in [-0.4, -0.2) is 31.9 Å². The van der Waals surface area contributed by atoms with Gasteiger partial charge in [-0.15, -0.1) is 12.4 Å². The van der Waals surface area contributed by atoms with Crippen LogP contribution in [0.1, 0.15) is 39.2 Å². The van der Waals surface area contributed by atoms with Crippen molar-refractivity contribution in [3.63, 3.8) is 0 Å². The van der Waals surface area contributed by atoms with E-state index >= 15 is 0 Å². The lowest BCUT2D eigenvalue weighted by molar-refractivity contribution is 0.393. The molecule has 1 aliphatic heterocycles. The summed E-state index contributed by atoms with van der Waals surface area (Å²) in [5.74, 6) is 0. The van der Waals surface area contributed by atoms with Crippen LogP contribution < -0.4 is 5.73 Å². The van der Waals surface area contributed by atoms with Crippen molar-refractivity contribution < 1.29 is 8.42 Å². The van der Waals surface area contributed by atoms with Gasteiger partial charge in [-0.05, 0) is 36.0 Å². The van der Waals surface area contributed by atoms with E-state index < -0.39 is 10.0 Å². The van der Waals surface area contributed by atoms with Crippen molar-refractivity contribution in [1.29, 1.82) is 0 Å². The molecule has 0 spiro atoms. The molecule has 0 bridgehead atoms. The highest BCUT2D eigenvalue weighted by molar-refractivity contribution is 7.89. The summed E-state index contributed by atoms with van der Waals surface area (Å²) in [5, 5.41) is 0. The molecular formula is C15H25ClN2O2S. The number of rotatable bonds is 3. The second-order valence-corrected chi connectivity index (χ2v) is 8.31. The Morgan fingerprint density at radius 1 is 1.24 bits per heavy atom. The van der Waals surface area contributed by atoms with Gasteiger partial charge in [-0.2, -0.15) is 4.31 Å². The number of halogens is 1. The van der Waals surface area contributed by atoms with Crippen LogP contribution in [0.5, 0.6) is 0 Å². The highest BCUT2D eigenvalue weighted by atomic mass is 35.5. The van der Waals surface area contributed by atoms with Crippen LogP contribution in [0.25, 0.3) is 0 Å². The van der Waals surface area contributed by atoms with E-state index in [2.05, 4.69) is 20.8 Å². The molecule has 2 rings (SSSR count). The average Bonchev–Trinajstić information content (AvgIpc) is 2.87. The van der Waals surface area contributed by atoms with E-state index in [0.29, 0.717) is 18.0 Å². The molecule has 1 unspecified atom stereocenters. The van der Waals surface area contributed by atoms with Crippen molar-refractivity contribution in [2.75, 3.05) is 13.1 Å². The summed E-state index contributed by atoms with van der Waals surface area (Å²) < 4.78 is 26.8. The number of benzene rings is 1. The van der Waals surface area contributed by atoms with Gasteiger partial charge in [0.2, 0.25) is 10.0 Å². The molecule has 1 atom stereocenters. The van der Waals surface area contributed by atoms with E-state index in [9.17, 15) is 8.42 Å². The molecule has 1 saturated heterocycles. The van der Waals surface area contributed by atoms with Crippen molar-refractivity contribution in [3.05, 3.63) is 29.8 Å². The second-order valence-electron chi connectivity index (χ2n) is 6.42. The van der Waals surface area contributed by atoms with Crippen molar-refractivity contribution in [1.82, 2.24) is 4.31 Å². The lowest BCUT2D eigenvalue weighted by Crippen LogP contribution is -2.39. The number of nitrogens with zero attached hydrogens (tertiary/aromatic N) is 1. The van der Waals surface area contributed by atoms with E-state index in [4.69, 9.17) is 5.73 Å². The third-order valence-corrected chi connectivity index (χ3v) is 5.89. The summed E-state index contributed by atoms with van der Waals surface area (Å²) in [6, 6.07) is 7.17. The lowest BCUT2D eigenvalue weighted by atomic mass is 9.87. The van der Waals surface area contributed by atoms with Gasteiger partial charge < -0.3 is 5.73 Å². The first-order chi connectivity index (χ1) is 9.26. The van der Waals surface area contributed by atoms with Gasteiger partial charge in [0, 0.05) is 19.1 Å². The second kappa shape index (κ2) is 6.65. The van der Waals surface area contributed by atoms with Gasteiger partial charge in [0.1, 0.15) is 0 Å². The number of hydrogen-bond acceptors (Lipinski definition) is 3. The van der Waals surface area contributed by atoms with Crippen LogP contribution in [0.2, 0.25) is 0 Å². The van der Waals surface area contributed by atoms with E-state index in [-0.39, 0.29) is 23.9 Å². The molecule has 1 fully saturated rings. The van der Waals surface area contributed by atoms with Gasteiger partial charge in [-0.1, -0.05) is 32.9 Å². The van der Waals surface area contributed by atoms with E-state index in [1.54, 1.807) is 16.4 Å². The van der Waals surface area contributed by atoms with Crippen molar-refractivity contribution in [3.8, 4) is 0 Å². The Morgan fingerprint density at radius 2 is 1.81 bits per heavy atom. The molecule has 0 aliphatic carbocycles.